The average Bonchev–Trinajstić information content (AvgIpc) is 1.82. The van der Waals surface area contributed by atoms with Crippen molar-refractivity contribution < 1.29 is 4.79 Å². The third-order valence-corrected chi connectivity index (χ3v) is 2.10. The zero-order valence-corrected chi connectivity index (χ0v) is 5.84. The van der Waals surface area contributed by atoms with Crippen LogP contribution in [0.4, 0.5) is 0 Å². The van der Waals surface area contributed by atoms with E-state index in [0.29, 0.717) is 5.92 Å². The van der Waals surface area contributed by atoms with E-state index in [1.807, 2.05) is 5.92 Å². The number of hydrogen-bond donors (Lipinski definition) is 1. The molecule has 0 aromatic rings. The van der Waals surface area contributed by atoms with E-state index in [-0.39, 0.29) is 5.78 Å². The summed E-state index contributed by atoms with van der Waals surface area (Å²) in [5.41, 5.74) is 5.54. The second-order valence-electron chi connectivity index (χ2n) is 2.73. The molecule has 54 valence electrons. The average molecular weight is 137 g/mol. The van der Waals surface area contributed by atoms with Crippen molar-refractivity contribution in [2.75, 3.05) is 0 Å². The van der Waals surface area contributed by atoms with Crippen molar-refractivity contribution >= 4 is 5.78 Å². The fourth-order valence-corrected chi connectivity index (χ4v) is 1.11. The van der Waals surface area contributed by atoms with Crippen molar-refractivity contribution in [3.05, 3.63) is 0 Å². The van der Waals surface area contributed by atoms with Crippen LogP contribution in [0, 0.1) is 18.3 Å². The van der Waals surface area contributed by atoms with Crippen LogP contribution in [0.5, 0.6) is 0 Å². The predicted octanol–water partition coefficient (Wildman–Crippen LogP) is 0.316. The minimum Gasteiger partial charge on any atom is -0.320 e. The van der Waals surface area contributed by atoms with Crippen LogP contribution in [-0.4, -0.2) is 11.8 Å². The fraction of sp³-hybridized carbons (Fsp3) is 0.625. The minimum atomic E-state index is -0.390. The maximum atomic E-state index is 10.8. The number of nitrogens with two attached hydrogens (primary N) is 1. The Bertz CT molecular complexity index is 176. The van der Waals surface area contributed by atoms with Crippen LogP contribution in [0.2, 0.25) is 0 Å². The number of hydrogen-bond acceptors (Lipinski definition) is 2. The van der Waals surface area contributed by atoms with Gasteiger partial charge in [-0.3, -0.25) is 4.79 Å². The summed E-state index contributed by atoms with van der Waals surface area (Å²) >= 11 is 0. The van der Waals surface area contributed by atoms with E-state index in [0.717, 1.165) is 12.8 Å². The first-order chi connectivity index (χ1) is 4.75. The van der Waals surface area contributed by atoms with E-state index in [9.17, 15) is 4.79 Å². The van der Waals surface area contributed by atoms with Gasteiger partial charge in [-0.15, -0.1) is 6.42 Å². The highest BCUT2D eigenvalue weighted by molar-refractivity contribution is 5.99. The monoisotopic (exact) mass is 137 g/mol. The van der Waals surface area contributed by atoms with Gasteiger partial charge >= 0.3 is 0 Å². The lowest BCUT2D eigenvalue weighted by Gasteiger charge is -2.28. The number of carbonyl (C=O) groups excluding carboxylic acids is 1. The fourth-order valence-electron chi connectivity index (χ4n) is 1.11. The molecule has 1 rings (SSSR count). The molecule has 1 atom stereocenters. The molecule has 0 bridgehead atoms. The molecule has 0 saturated heterocycles. The molecule has 1 saturated carbocycles. The first-order valence-corrected chi connectivity index (χ1v) is 3.51. The Kier molecular flexibility index (Phi) is 2.08. The molecule has 1 fully saturated rings. The molecular formula is C8H11NO. The number of ketones is 1. The molecule has 2 N–H and O–H groups in total. The van der Waals surface area contributed by atoms with Crippen molar-refractivity contribution in [1.29, 1.82) is 0 Å². The lowest BCUT2D eigenvalue weighted by Crippen LogP contribution is -2.40. The molecule has 0 aromatic carbocycles. The van der Waals surface area contributed by atoms with Gasteiger partial charge in [0.05, 0.1) is 6.04 Å². The van der Waals surface area contributed by atoms with Crippen molar-refractivity contribution in [3.63, 3.8) is 0 Å². The van der Waals surface area contributed by atoms with Crippen LogP contribution in [0.3, 0.4) is 0 Å². The Labute approximate surface area is 60.8 Å². The maximum Gasteiger partial charge on any atom is 0.222 e. The molecule has 1 aliphatic rings. The SMILES string of the molecule is C#CC(=O)C(N)C1CCC1. The number of terminal acetylenes is 1. The predicted molar refractivity (Wildman–Crippen MR) is 39.2 cm³/mol. The van der Waals surface area contributed by atoms with Gasteiger partial charge in [0.2, 0.25) is 5.78 Å². The van der Waals surface area contributed by atoms with Gasteiger partial charge in [-0.05, 0) is 24.7 Å². The van der Waals surface area contributed by atoms with E-state index in [1.54, 1.807) is 0 Å². The molecule has 0 aliphatic heterocycles. The molecule has 1 unspecified atom stereocenters. The summed E-state index contributed by atoms with van der Waals surface area (Å²) < 4.78 is 0. The smallest absolute Gasteiger partial charge is 0.222 e. The standard InChI is InChI=1S/C8H11NO/c1-2-7(10)8(9)6-4-3-5-6/h1,6,8H,3-5,9H2. The van der Waals surface area contributed by atoms with E-state index < -0.39 is 6.04 Å². The minimum absolute atomic E-state index is 0.246. The topological polar surface area (TPSA) is 43.1 Å². The Balaban J connectivity index is 2.41. The van der Waals surface area contributed by atoms with Gasteiger partial charge in [-0.1, -0.05) is 6.42 Å². The zero-order chi connectivity index (χ0) is 7.56. The van der Waals surface area contributed by atoms with E-state index in [1.165, 1.54) is 6.42 Å². The summed E-state index contributed by atoms with van der Waals surface area (Å²) in [5.74, 6) is 2.17. The lowest BCUT2D eigenvalue weighted by molar-refractivity contribution is -0.116. The highest BCUT2D eigenvalue weighted by Gasteiger charge is 2.28. The van der Waals surface area contributed by atoms with E-state index >= 15 is 0 Å². The van der Waals surface area contributed by atoms with Gasteiger partial charge in [-0.2, -0.15) is 0 Å². The number of carbonyl (C=O) groups is 1. The molecular weight excluding hydrogens is 126 g/mol. The van der Waals surface area contributed by atoms with Crippen LogP contribution in [0.25, 0.3) is 0 Å². The normalized spacial score (nSPS) is 20.8. The third kappa shape index (κ3) is 1.19. The summed E-state index contributed by atoms with van der Waals surface area (Å²) in [6, 6.07) is -0.390. The quantitative estimate of drug-likeness (QED) is 0.440. The molecule has 10 heavy (non-hydrogen) atoms. The van der Waals surface area contributed by atoms with Crippen LogP contribution < -0.4 is 5.73 Å². The highest BCUT2D eigenvalue weighted by Crippen LogP contribution is 2.28. The molecule has 0 amide bonds. The first-order valence-electron chi connectivity index (χ1n) is 3.51. The molecule has 2 heteroatoms. The van der Waals surface area contributed by atoms with Crippen LogP contribution >= 0.6 is 0 Å². The number of rotatable bonds is 2. The van der Waals surface area contributed by atoms with Crippen molar-refractivity contribution in [2.24, 2.45) is 11.7 Å². The Morgan fingerprint density at radius 1 is 1.70 bits per heavy atom. The van der Waals surface area contributed by atoms with Gasteiger partial charge in [-0.25, -0.2) is 0 Å². The van der Waals surface area contributed by atoms with Gasteiger partial charge < -0.3 is 5.73 Å². The Hall–Kier alpha value is -0.810. The van der Waals surface area contributed by atoms with Crippen LogP contribution in [0.1, 0.15) is 19.3 Å². The summed E-state index contributed by atoms with van der Waals surface area (Å²) in [6.07, 6.45) is 8.23. The summed E-state index contributed by atoms with van der Waals surface area (Å²) in [5, 5.41) is 0. The summed E-state index contributed by atoms with van der Waals surface area (Å²) in [4.78, 5) is 10.8. The molecule has 0 aromatic heterocycles. The second-order valence-corrected chi connectivity index (χ2v) is 2.73. The summed E-state index contributed by atoms with van der Waals surface area (Å²) in [6.45, 7) is 0. The first kappa shape index (κ1) is 7.30. The molecule has 2 nitrogen and oxygen atoms in total. The highest BCUT2D eigenvalue weighted by atomic mass is 16.1. The Morgan fingerprint density at radius 3 is 2.60 bits per heavy atom. The van der Waals surface area contributed by atoms with Gasteiger partial charge in [0, 0.05) is 0 Å². The van der Waals surface area contributed by atoms with Crippen LogP contribution in [0.15, 0.2) is 0 Å². The van der Waals surface area contributed by atoms with Crippen LogP contribution in [-0.2, 0) is 4.79 Å². The Morgan fingerprint density at radius 2 is 2.30 bits per heavy atom. The van der Waals surface area contributed by atoms with Crippen molar-refractivity contribution in [1.82, 2.24) is 0 Å². The third-order valence-electron chi connectivity index (χ3n) is 2.10. The maximum absolute atomic E-state index is 10.8. The molecule has 0 spiro atoms. The lowest BCUT2D eigenvalue weighted by atomic mass is 9.79. The molecule has 0 heterocycles. The van der Waals surface area contributed by atoms with Crippen molar-refractivity contribution in [3.8, 4) is 12.3 Å². The molecule has 0 radical (unpaired) electrons. The van der Waals surface area contributed by atoms with Gasteiger partial charge in [0.15, 0.2) is 0 Å². The van der Waals surface area contributed by atoms with E-state index in [2.05, 4.69) is 0 Å². The largest absolute Gasteiger partial charge is 0.320 e. The second kappa shape index (κ2) is 2.85. The number of Topliss-reactive ketones (excluding diaryl/α,β-unsaturated/α-hetero) is 1. The van der Waals surface area contributed by atoms with Gasteiger partial charge in [0.25, 0.3) is 0 Å². The van der Waals surface area contributed by atoms with Gasteiger partial charge in [0.1, 0.15) is 0 Å². The van der Waals surface area contributed by atoms with E-state index in [4.69, 9.17) is 12.2 Å². The summed E-state index contributed by atoms with van der Waals surface area (Å²) in [7, 11) is 0. The molecule has 1 aliphatic carbocycles. The zero-order valence-electron chi connectivity index (χ0n) is 5.84. The van der Waals surface area contributed by atoms with Crippen molar-refractivity contribution in [2.45, 2.75) is 25.3 Å².